The Balaban J connectivity index is 0.797. The minimum absolute atomic E-state index is 0.00575. The zero-order valence-electron chi connectivity index (χ0n) is 36.1. The number of rotatable bonds is 10. The Labute approximate surface area is 376 Å². The second kappa shape index (κ2) is 17.5. The van der Waals surface area contributed by atoms with Crippen molar-refractivity contribution in [2.24, 2.45) is 0 Å². The summed E-state index contributed by atoms with van der Waals surface area (Å²) in [6, 6.07) is 4.53. The van der Waals surface area contributed by atoms with Gasteiger partial charge in [0.15, 0.2) is 5.82 Å². The van der Waals surface area contributed by atoms with Crippen molar-refractivity contribution in [1.29, 1.82) is 0 Å². The molecule has 0 bridgehead atoms. The summed E-state index contributed by atoms with van der Waals surface area (Å²) in [4.78, 5) is 105. The van der Waals surface area contributed by atoms with Crippen LogP contribution >= 0.6 is 0 Å². The molecule has 4 fully saturated rings. The predicted octanol–water partition coefficient (Wildman–Crippen LogP) is 2.69. The number of amides is 7. The Kier molecular flexibility index (Phi) is 11.8. The van der Waals surface area contributed by atoms with Gasteiger partial charge in [0.2, 0.25) is 23.7 Å². The molecular weight excluding hydrogens is 868 g/mol. The van der Waals surface area contributed by atoms with Crippen LogP contribution in [-0.2, 0) is 19.2 Å². The molecule has 2 aromatic carbocycles. The van der Waals surface area contributed by atoms with Crippen molar-refractivity contribution in [3.8, 4) is 5.75 Å². The van der Waals surface area contributed by atoms with Gasteiger partial charge in [-0.05, 0) is 56.7 Å². The zero-order valence-corrected chi connectivity index (χ0v) is 36.1. The predicted molar refractivity (Wildman–Crippen MR) is 230 cm³/mol. The van der Waals surface area contributed by atoms with E-state index in [0.717, 1.165) is 28.7 Å². The number of piperidine rings is 2. The first-order valence-corrected chi connectivity index (χ1v) is 22.0. The fourth-order valence-corrected chi connectivity index (χ4v) is 9.83. The van der Waals surface area contributed by atoms with Gasteiger partial charge in [0, 0.05) is 63.0 Å². The molecule has 0 spiro atoms. The maximum atomic E-state index is 15.7. The second-order valence-electron chi connectivity index (χ2n) is 17.5. The highest BCUT2D eigenvalue weighted by molar-refractivity contribution is 6.25. The van der Waals surface area contributed by atoms with Gasteiger partial charge in [-0.3, -0.25) is 43.8 Å². The summed E-state index contributed by atoms with van der Waals surface area (Å²) < 4.78 is 51.4. The highest BCUT2D eigenvalue weighted by Crippen LogP contribution is 2.41. The topological polar surface area (TPSA) is 228 Å². The van der Waals surface area contributed by atoms with Crippen molar-refractivity contribution >= 4 is 70.2 Å². The number of fused-ring (bicyclic) bond motifs is 2. The van der Waals surface area contributed by atoms with Crippen molar-refractivity contribution in [1.82, 2.24) is 35.7 Å². The number of imide groups is 2. The highest BCUT2D eigenvalue weighted by Gasteiger charge is 2.49. The van der Waals surface area contributed by atoms with Gasteiger partial charge in [0.1, 0.15) is 23.3 Å². The van der Waals surface area contributed by atoms with Gasteiger partial charge in [-0.15, -0.1) is 0 Å². The number of nitrogens with zero attached hydrogens (tertiary/aromatic N) is 6. The number of anilines is 5. The summed E-state index contributed by atoms with van der Waals surface area (Å²) in [7, 11) is 2.58. The van der Waals surface area contributed by atoms with Crippen LogP contribution in [0.3, 0.4) is 0 Å². The lowest BCUT2D eigenvalue weighted by Crippen LogP contribution is -2.54. The van der Waals surface area contributed by atoms with Gasteiger partial charge in [0.05, 0.1) is 48.3 Å². The molecule has 9 rings (SSSR count). The molecule has 348 valence electrons. The maximum Gasteiger partial charge on any atom is 0.342 e. The normalized spacial score (nSPS) is 23.4. The second-order valence-corrected chi connectivity index (χ2v) is 17.5. The molecule has 0 radical (unpaired) electrons. The average Bonchev–Trinajstić information content (AvgIpc) is 4.05. The van der Waals surface area contributed by atoms with E-state index in [0.29, 0.717) is 57.4 Å². The number of likely N-dealkylation sites (tertiary alicyclic amines) is 1. The molecule has 7 amide bonds. The molecule has 66 heavy (non-hydrogen) atoms. The number of nitrogens with one attached hydrogen (secondary N) is 5. The number of methoxy groups -OCH3 is 1. The molecule has 22 heteroatoms. The molecule has 5 aliphatic heterocycles. The molecule has 1 saturated carbocycles. The van der Waals surface area contributed by atoms with E-state index in [-0.39, 0.29) is 82.5 Å². The van der Waals surface area contributed by atoms with E-state index in [2.05, 4.69) is 36.6 Å². The first-order valence-electron chi connectivity index (χ1n) is 22.0. The monoisotopic (exact) mass is 915 g/mol. The maximum absolute atomic E-state index is 15.7. The Morgan fingerprint density at radius 1 is 0.955 bits per heavy atom. The van der Waals surface area contributed by atoms with Crippen molar-refractivity contribution < 1.29 is 51.5 Å². The summed E-state index contributed by atoms with van der Waals surface area (Å²) in [5.74, 6) is -8.99. The molecule has 1 aliphatic carbocycles. The Morgan fingerprint density at radius 2 is 1.71 bits per heavy atom. The standard InChI is InChI=1S/C44H48F3N11O8/c1-55-32-20-49-43(54-36(32)57(24-6-3-4-7-24)21-44(46,47)42(55)65)52-29-18-27(45)26(17-33(29)66-2)37(60)51-22-12-14-56(15-13-22)40(63)30-16-23(19-48-30)50-28-9-5-8-25-35(28)41(64)58(39(25)62)31-10-11-34(59)53-38(31)61/h5,8-9,17-18,20,22-24,30-31,48,50H,3-4,6-7,10-16,19,21H2,1-2H3,(H,51,60)(H,49,52,54)(H,53,59,61)/t23-,30-,31?/m0/s1. The zero-order chi connectivity index (χ0) is 46.6. The van der Waals surface area contributed by atoms with Gasteiger partial charge in [-0.1, -0.05) is 18.9 Å². The van der Waals surface area contributed by atoms with Crippen molar-refractivity contribution in [3.05, 3.63) is 59.0 Å². The van der Waals surface area contributed by atoms with Gasteiger partial charge in [-0.2, -0.15) is 13.8 Å². The van der Waals surface area contributed by atoms with Crippen LogP contribution in [0.4, 0.5) is 42.0 Å². The number of carbonyl (C=O) groups is 7. The lowest BCUT2D eigenvalue weighted by molar-refractivity contribution is -0.140. The van der Waals surface area contributed by atoms with E-state index in [4.69, 9.17) is 4.74 Å². The number of aromatic nitrogens is 2. The van der Waals surface area contributed by atoms with E-state index in [1.807, 2.05) is 0 Å². The van der Waals surface area contributed by atoms with Crippen LogP contribution in [0, 0.1) is 5.82 Å². The molecule has 19 nitrogen and oxygen atoms in total. The van der Waals surface area contributed by atoms with E-state index in [1.54, 1.807) is 17.0 Å². The van der Waals surface area contributed by atoms with Crippen LogP contribution < -0.4 is 41.1 Å². The fraction of sp³-hybridized carbons (Fsp3) is 0.477. The van der Waals surface area contributed by atoms with Crippen LogP contribution in [-0.4, -0.2) is 138 Å². The van der Waals surface area contributed by atoms with E-state index in [1.165, 1.54) is 37.4 Å². The molecule has 6 heterocycles. The van der Waals surface area contributed by atoms with E-state index >= 15 is 13.2 Å². The van der Waals surface area contributed by atoms with Gasteiger partial charge < -0.3 is 40.7 Å². The lowest BCUT2D eigenvalue weighted by Gasteiger charge is -2.34. The number of hydrogen-bond acceptors (Lipinski definition) is 14. The number of hydrogen-bond donors (Lipinski definition) is 5. The van der Waals surface area contributed by atoms with Crippen LogP contribution in [0.1, 0.15) is 88.9 Å². The summed E-state index contributed by atoms with van der Waals surface area (Å²) in [6.45, 7) is 0.195. The molecule has 3 aromatic rings. The Hall–Kier alpha value is -6.84. The molecule has 3 saturated heterocycles. The highest BCUT2D eigenvalue weighted by atomic mass is 19.3. The van der Waals surface area contributed by atoms with E-state index in [9.17, 15) is 33.6 Å². The largest absolute Gasteiger partial charge is 0.495 e. The number of carbonyl (C=O) groups excluding carboxylic acids is 7. The molecule has 3 atom stereocenters. The molecule has 6 aliphatic rings. The fourth-order valence-electron chi connectivity index (χ4n) is 9.83. The number of halogens is 3. The van der Waals surface area contributed by atoms with Crippen molar-refractivity contribution in [2.45, 2.75) is 93.9 Å². The SMILES string of the molecule is COc1cc(C(=O)NC2CCN(C(=O)[C@@H]3C[C@H](Nc4cccc5c4C(=O)N(C4CCC(=O)NC4=O)C5=O)CN3)CC2)c(F)cc1Nc1ncc2c(n1)N(C1CCCC1)CC(F)(F)C(=O)N2C. The Morgan fingerprint density at radius 3 is 2.44 bits per heavy atom. The van der Waals surface area contributed by atoms with E-state index < -0.39 is 65.8 Å². The number of ether oxygens (including phenoxy) is 1. The molecule has 5 N–H and O–H groups in total. The van der Waals surface area contributed by atoms with Crippen LogP contribution in [0.25, 0.3) is 0 Å². The van der Waals surface area contributed by atoms with Gasteiger partial charge in [-0.25, -0.2) is 9.37 Å². The number of benzene rings is 2. The third-order valence-corrected chi connectivity index (χ3v) is 13.3. The summed E-state index contributed by atoms with van der Waals surface area (Å²) in [6.07, 6.45) is 5.50. The van der Waals surface area contributed by atoms with Gasteiger partial charge >= 0.3 is 5.92 Å². The van der Waals surface area contributed by atoms with Crippen LogP contribution in [0.2, 0.25) is 0 Å². The minimum Gasteiger partial charge on any atom is -0.495 e. The summed E-state index contributed by atoms with van der Waals surface area (Å²) >= 11 is 0. The van der Waals surface area contributed by atoms with Crippen molar-refractivity contribution in [3.63, 3.8) is 0 Å². The molecule has 1 aromatic heterocycles. The minimum atomic E-state index is -3.66. The smallest absolute Gasteiger partial charge is 0.342 e. The third-order valence-electron chi connectivity index (χ3n) is 13.3. The molecular formula is C44H48F3N11O8. The van der Waals surface area contributed by atoms with Crippen LogP contribution in [0.15, 0.2) is 36.5 Å². The quantitative estimate of drug-likeness (QED) is 0.185. The lowest BCUT2D eigenvalue weighted by atomic mass is 10.0. The van der Waals surface area contributed by atoms with Gasteiger partial charge in [0.25, 0.3) is 23.6 Å². The van der Waals surface area contributed by atoms with Crippen LogP contribution in [0.5, 0.6) is 5.75 Å². The summed E-state index contributed by atoms with van der Waals surface area (Å²) in [5, 5.41) is 14.5. The molecule has 1 unspecified atom stereocenters. The summed E-state index contributed by atoms with van der Waals surface area (Å²) in [5.41, 5.74) is 0.560. The average molecular weight is 916 g/mol. The van der Waals surface area contributed by atoms with Crippen molar-refractivity contribution in [2.75, 3.05) is 60.8 Å². The Bertz CT molecular complexity index is 2530. The third kappa shape index (κ3) is 8.21. The first-order chi connectivity index (χ1) is 31.6. The first kappa shape index (κ1) is 44.4. The number of alkyl halides is 2.